The number of carbonyl (C=O) groups excluding carboxylic acids is 1. The van der Waals surface area contributed by atoms with Crippen LogP contribution in [0, 0.1) is 11.3 Å². The Morgan fingerprint density at radius 2 is 2.26 bits per heavy atom. The molecule has 0 atom stereocenters. The molecule has 1 N–H and O–H groups in total. The van der Waals surface area contributed by atoms with Crippen LogP contribution in [-0.2, 0) is 4.74 Å². The van der Waals surface area contributed by atoms with E-state index in [-0.39, 0.29) is 11.6 Å². The summed E-state index contributed by atoms with van der Waals surface area (Å²) < 4.78 is 5.28. The van der Waals surface area contributed by atoms with E-state index in [1.165, 1.54) is 12.3 Å². The highest BCUT2D eigenvalue weighted by molar-refractivity contribution is 6.19. The van der Waals surface area contributed by atoms with Crippen LogP contribution in [0.25, 0.3) is 0 Å². The topological polar surface area (TPSA) is 75.0 Å². The highest BCUT2D eigenvalue weighted by atomic mass is 35.5. The number of hydrogen-bond acceptors (Lipinski definition) is 4. The SMILES string of the molecule is N#Cc1ccc(C(=O)NC2(CCl)CCOCC2)nc1. The van der Waals surface area contributed by atoms with E-state index in [0.717, 1.165) is 0 Å². The average molecular weight is 280 g/mol. The molecule has 1 amide bonds. The van der Waals surface area contributed by atoms with Crippen molar-refractivity contribution in [1.29, 1.82) is 5.26 Å². The molecule has 1 aliphatic heterocycles. The number of hydrogen-bond donors (Lipinski definition) is 1. The van der Waals surface area contributed by atoms with Crippen LogP contribution >= 0.6 is 11.6 Å². The van der Waals surface area contributed by atoms with Crippen molar-refractivity contribution in [1.82, 2.24) is 10.3 Å². The number of alkyl halides is 1. The monoisotopic (exact) mass is 279 g/mol. The second-order valence-electron chi connectivity index (χ2n) is 4.52. The number of halogens is 1. The lowest BCUT2D eigenvalue weighted by molar-refractivity contribution is 0.0432. The molecule has 19 heavy (non-hydrogen) atoms. The summed E-state index contributed by atoms with van der Waals surface area (Å²) >= 11 is 5.98. The van der Waals surface area contributed by atoms with Crippen molar-refractivity contribution in [3.63, 3.8) is 0 Å². The summed E-state index contributed by atoms with van der Waals surface area (Å²) in [6, 6.07) is 5.07. The minimum atomic E-state index is -0.424. The highest BCUT2D eigenvalue weighted by Crippen LogP contribution is 2.22. The normalized spacial score (nSPS) is 17.5. The molecule has 0 spiro atoms. The third kappa shape index (κ3) is 3.22. The number of rotatable bonds is 3. The number of ether oxygens (including phenoxy) is 1. The zero-order valence-corrected chi connectivity index (χ0v) is 11.1. The summed E-state index contributed by atoms with van der Waals surface area (Å²) in [7, 11) is 0. The largest absolute Gasteiger partial charge is 0.381 e. The third-order valence-electron chi connectivity index (χ3n) is 3.21. The Labute approximate surface area is 116 Å². The Morgan fingerprint density at radius 3 is 2.79 bits per heavy atom. The van der Waals surface area contributed by atoms with Gasteiger partial charge in [0.25, 0.3) is 5.91 Å². The van der Waals surface area contributed by atoms with E-state index in [1.807, 2.05) is 6.07 Å². The van der Waals surface area contributed by atoms with Gasteiger partial charge < -0.3 is 10.1 Å². The second-order valence-corrected chi connectivity index (χ2v) is 4.79. The lowest BCUT2D eigenvalue weighted by Crippen LogP contribution is -2.53. The third-order valence-corrected chi connectivity index (χ3v) is 3.72. The van der Waals surface area contributed by atoms with Gasteiger partial charge >= 0.3 is 0 Å². The van der Waals surface area contributed by atoms with Gasteiger partial charge in [-0.25, -0.2) is 4.98 Å². The van der Waals surface area contributed by atoms with Gasteiger partial charge in [0.05, 0.1) is 11.1 Å². The Balaban J connectivity index is 2.08. The molecule has 100 valence electrons. The molecule has 2 heterocycles. The summed E-state index contributed by atoms with van der Waals surface area (Å²) in [5, 5.41) is 11.6. The summed E-state index contributed by atoms with van der Waals surface area (Å²) in [5.74, 6) is 0.0744. The van der Waals surface area contributed by atoms with Crippen molar-refractivity contribution in [2.75, 3.05) is 19.1 Å². The van der Waals surface area contributed by atoms with Crippen molar-refractivity contribution in [3.8, 4) is 6.07 Å². The van der Waals surface area contributed by atoms with E-state index in [0.29, 0.717) is 37.5 Å². The van der Waals surface area contributed by atoms with Gasteiger partial charge in [-0.05, 0) is 25.0 Å². The minimum Gasteiger partial charge on any atom is -0.381 e. The molecule has 0 saturated carbocycles. The summed E-state index contributed by atoms with van der Waals surface area (Å²) in [4.78, 5) is 16.1. The Bertz CT molecular complexity index is 490. The predicted octanol–water partition coefficient (Wildman–Crippen LogP) is 1.47. The molecular weight excluding hydrogens is 266 g/mol. The van der Waals surface area contributed by atoms with Crippen LogP contribution in [0.4, 0.5) is 0 Å². The van der Waals surface area contributed by atoms with Crippen molar-refractivity contribution >= 4 is 17.5 Å². The van der Waals surface area contributed by atoms with Gasteiger partial charge in [0.2, 0.25) is 0 Å². The summed E-state index contributed by atoms with van der Waals surface area (Å²) in [6.45, 7) is 1.18. The fourth-order valence-corrected chi connectivity index (χ4v) is 2.29. The Hall–Kier alpha value is -1.64. The fourth-order valence-electron chi connectivity index (χ4n) is 1.95. The van der Waals surface area contributed by atoms with E-state index in [4.69, 9.17) is 21.6 Å². The van der Waals surface area contributed by atoms with E-state index < -0.39 is 5.54 Å². The fraction of sp³-hybridized carbons (Fsp3) is 0.462. The number of carbonyl (C=O) groups is 1. The first-order valence-electron chi connectivity index (χ1n) is 6.01. The maximum absolute atomic E-state index is 12.1. The molecule has 6 heteroatoms. The van der Waals surface area contributed by atoms with Gasteiger partial charge in [0.1, 0.15) is 11.8 Å². The van der Waals surface area contributed by atoms with Crippen LogP contribution in [-0.4, -0.2) is 35.5 Å². The second kappa shape index (κ2) is 6.00. The molecule has 1 saturated heterocycles. The molecule has 5 nitrogen and oxygen atoms in total. The molecule has 0 radical (unpaired) electrons. The lowest BCUT2D eigenvalue weighted by atomic mass is 9.92. The maximum atomic E-state index is 12.1. The molecule has 2 rings (SSSR count). The number of pyridine rings is 1. The zero-order valence-electron chi connectivity index (χ0n) is 10.4. The maximum Gasteiger partial charge on any atom is 0.270 e. The number of nitriles is 1. The number of amides is 1. The quantitative estimate of drug-likeness (QED) is 0.850. The molecule has 1 aromatic heterocycles. The first kappa shape index (κ1) is 13.8. The standard InChI is InChI=1S/C13H14ClN3O2/c14-9-13(3-5-19-6-4-13)17-12(18)11-2-1-10(7-15)8-16-11/h1-2,8H,3-6,9H2,(H,17,18). The van der Waals surface area contributed by atoms with E-state index in [1.54, 1.807) is 6.07 Å². The van der Waals surface area contributed by atoms with Gasteiger partial charge in [0.15, 0.2) is 0 Å². The molecule has 0 unspecified atom stereocenters. The number of aromatic nitrogens is 1. The molecule has 1 aromatic rings. The van der Waals surface area contributed by atoms with E-state index in [2.05, 4.69) is 10.3 Å². The average Bonchev–Trinajstić information content (AvgIpc) is 2.48. The van der Waals surface area contributed by atoms with Crippen molar-refractivity contribution in [3.05, 3.63) is 29.6 Å². The van der Waals surface area contributed by atoms with Crippen LogP contribution in [0.5, 0.6) is 0 Å². The lowest BCUT2D eigenvalue weighted by Gasteiger charge is -2.36. The summed E-state index contributed by atoms with van der Waals surface area (Å²) in [5.41, 5.74) is 0.289. The molecule has 0 aliphatic carbocycles. The molecule has 0 bridgehead atoms. The van der Waals surface area contributed by atoms with Crippen molar-refractivity contribution in [2.24, 2.45) is 0 Å². The van der Waals surface area contributed by atoms with Gasteiger partial charge in [-0.3, -0.25) is 4.79 Å². The van der Waals surface area contributed by atoms with Crippen LogP contribution < -0.4 is 5.32 Å². The van der Waals surface area contributed by atoms with E-state index in [9.17, 15) is 4.79 Å². The van der Waals surface area contributed by atoms with Crippen molar-refractivity contribution in [2.45, 2.75) is 18.4 Å². The minimum absolute atomic E-state index is 0.271. The van der Waals surface area contributed by atoms with Crippen LogP contribution in [0.1, 0.15) is 28.9 Å². The molecular formula is C13H14ClN3O2. The molecule has 1 aliphatic rings. The smallest absolute Gasteiger partial charge is 0.270 e. The van der Waals surface area contributed by atoms with Gasteiger partial charge in [-0.2, -0.15) is 5.26 Å². The van der Waals surface area contributed by atoms with Crippen LogP contribution in [0.2, 0.25) is 0 Å². The number of nitrogens with one attached hydrogen (secondary N) is 1. The Morgan fingerprint density at radius 1 is 1.53 bits per heavy atom. The van der Waals surface area contributed by atoms with Gasteiger partial charge in [0, 0.05) is 25.3 Å². The number of nitrogens with zero attached hydrogens (tertiary/aromatic N) is 2. The molecule has 1 fully saturated rings. The molecule has 0 aromatic carbocycles. The van der Waals surface area contributed by atoms with Crippen LogP contribution in [0.3, 0.4) is 0 Å². The first-order valence-corrected chi connectivity index (χ1v) is 6.55. The predicted molar refractivity (Wildman–Crippen MR) is 69.9 cm³/mol. The van der Waals surface area contributed by atoms with Crippen LogP contribution in [0.15, 0.2) is 18.3 Å². The first-order chi connectivity index (χ1) is 9.19. The zero-order chi connectivity index (χ0) is 13.7. The van der Waals surface area contributed by atoms with Gasteiger partial charge in [-0.15, -0.1) is 11.6 Å². The summed E-state index contributed by atoms with van der Waals surface area (Å²) in [6.07, 6.45) is 2.77. The Kier molecular flexibility index (Phi) is 4.35. The van der Waals surface area contributed by atoms with E-state index >= 15 is 0 Å². The van der Waals surface area contributed by atoms with Crippen molar-refractivity contribution < 1.29 is 9.53 Å². The van der Waals surface area contributed by atoms with Gasteiger partial charge in [-0.1, -0.05) is 0 Å². The highest BCUT2D eigenvalue weighted by Gasteiger charge is 2.33.